The lowest BCUT2D eigenvalue weighted by Gasteiger charge is -2.43. The number of carbonyl (C=O) groups excluding carboxylic acids is 2. The Kier molecular flexibility index (Phi) is 4.35. The van der Waals surface area contributed by atoms with E-state index in [4.69, 9.17) is 0 Å². The Labute approximate surface area is 137 Å². The Hall–Kier alpha value is -1.58. The fraction of sp³-hybridized carbons (Fsp3) is 0.643. The molecule has 3 heterocycles. The van der Waals surface area contributed by atoms with Crippen molar-refractivity contribution in [2.24, 2.45) is 5.92 Å². The van der Waals surface area contributed by atoms with Gasteiger partial charge in [-0.15, -0.1) is 0 Å². The van der Waals surface area contributed by atoms with Crippen molar-refractivity contribution in [2.45, 2.75) is 37.3 Å². The van der Waals surface area contributed by atoms with Gasteiger partial charge in [0.05, 0.1) is 24.6 Å². The summed E-state index contributed by atoms with van der Waals surface area (Å²) in [4.78, 5) is 37.2. The van der Waals surface area contributed by atoms with E-state index in [-0.39, 0.29) is 30.1 Å². The summed E-state index contributed by atoms with van der Waals surface area (Å²) in [5.74, 6) is -2.33. The fourth-order valence-corrected chi connectivity index (χ4v) is 4.73. The standard InChI is InChI=1S/C14H19N3O5S/c1-6(18)9-12(20)17-10(14(21)22)8(23-13(9)17)5-16-11(19)7-3-2-4-15-7/h6-7,9,13,15,18H,2-5H2,1H3,(H,16,19)(H,21,22)/t6-,7+,9+,13-/m1/s1. The van der Waals surface area contributed by atoms with Gasteiger partial charge < -0.3 is 20.8 Å². The smallest absolute Gasteiger partial charge is 0.353 e. The molecule has 0 bridgehead atoms. The number of hydrogen-bond donors (Lipinski definition) is 4. The van der Waals surface area contributed by atoms with Gasteiger partial charge in [0.2, 0.25) is 11.8 Å². The fourth-order valence-electron chi connectivity index (χ4n) is 3.18. The van der Waals surface area contributed by atoms with Crippen molar-refractivity contribution in [3.63, 3.8) is 0 Å². The number of aliphatic hydroxyl groups is 1. The third kappa shape index (κ3) is 2.73. The lowest BCUT2D eigenvalue weighted by atomic mass is 9.92. The van der Waals surface area contributed by atoms with Crippen LogP contribution in [0, 0.1) is 5.92 Å². The Morgan fingerprint density at radius 3 is 2.83 bits per heavy atom. The van der Waals surface area contributed by atoms with Crippen molar-refractivity contribution in [2.75, 3.05) is 13.1 Å². The molecule has 3 rings (SSSR count). The SMILES string of the molecule is C[C@@H](O)[C@H]1C(=O)N2C(C(=O)O)=C(CNC(=O)[C@@H]3CCCN3)S[C@H]12. The van der Waals surface area contributed by atoms with Gasteiger partial charge in [-0.1, -0.05) is 11.8 Å². The Balaban J connectivity index is 1.69. The van der Waals surface area contributed by atoms with E-state index in [0.717, 1.165) is 19.4 Å². The third-order valence-electron chi connectivity index (χ3n) is 4.37. The summed E-state index contributed by atoms with van der Waals surface area (Å²) in [5, 5.41) is 24.4. The molecule has 0 aromatic heterocycles. The van der Waals surface area contributed by atoms with Crippen LogP contribution in [0.4, 0.5) is 0 Å². The average molecular weight is 341 g/mol. The number of carboxylic acid groups (broad SMARTS) is 1. The topological polar surface area (TPSA) is 119 Å². The molecule has 0 aromatic carbocycles. The van der Waals surface area contributed by atoms with Crippen LogP contribution in [0.1, 0.15) is 19.8 Å². The number of amides is 2. The first-order chi connectivity index (χ1) is 10.9. The monoisotopic (exact) mass is 341 g/mol. The lowest BCUT2D eigenvalue weighted by molar-refractivity contribution is -0.156. The molecule has 0 radical (unpaired) electrons. The van der Waals surface area contributed by atoms with Gasteiger partial charge in [0, 0.05) is 4.91 Å². The number of β-lactam (4-membered cyclic amide) rings is 1. The number of hydrogen-bond acceptors (Lipinski definition) is 6. The number of carbonyl (C=O) groups is 3. The zero-order chi connectivity index (χ0) is 16.7. The van der Waals surface area contributed by atoms with E-state index in [1.807, 2.05) is 0 Å². The van der Waals surface area contributed by atoms with Crippen LogP contribution in [0.25, 0.3) is 0 Å². The lowest BCUT2D eigenvalue weighted by Crippen LogP contribution is -2.60. The van der Waals surface area contributed by atoms with Crippen molar-refractivity contribution in [3.8, 4) is 0 Å². The third-order valence-corrected chi connectivity index (χ3v) is 5.74. The number of nitrogens with one attached hydrogen (secondary N) is 2. The largest absolute Gasteiger partial charge is 0.477 e. The van der Waals surface area contributed by atoms with E-state index in [1.165, 1.54) is 23.6 Å². The van der Waals surface area contributed by atoms with Gasteiger partial charge in [-0.05, 0) is 26.3 Å². The maximum Gasteiger partial charge on any atom is 0.353 e. The molecule has 9 heteroatoms. The number of rotatable bonds is 5. The molecule has 0 spiro atoms. The highest BCUT2D eigenvalue weighted by atomic mass is 32.2. The Bertz CT molecular complexity index is 585. The summed E-state index contributed by atoms with van der Waals surface area (Å²) >= 11 is 1.23. The van der Waals surface area contributed by atoms with Gasteiger partial charge in [-0.2, -0.15) is 0 Å². The minimum Gasteiger partial charge on any atom is -0.477 e. The predicted octanol–water partition coefficient (Wildman–Crippen LogP) is -0.937. The second-order valence-corrected chi connectivity index (χ2v) is 7.14. The number of thioether (sulfide) groups is 1. The van der Waals surface area contributed by atoms with Gasteiger partial charge in [-0.25, -0.2) is 4.79 Å². The van der Waals surface area contributed by atoms with E-state index in [2.05, 4.69) is 10.6 Å². The molecule has 0 saturated carbocycles. The first kappa shape index (κ1) is 16.3. The summed E-state index contributed by atoms with van der Waals surface area (Å²) < 4.78 is 0. The molecule has 126 valence electrons. The van der Waals surface area contributed by atoms with E-state index in [0.29, 0.717) is 4.91 Å². The van der Waals surface area contributed by atoms with Gasteiger partial charge >= 0.3 is 5.97 Å². The van der Waals surface area contributed by atoms with Crippen LogP contribution in [-0.4, -0.2) is 63.5 Å². The summed E-state index contributed by atoms with van der Waals surface area (Å²) in [6.07, 6.45) is 0.875. The maximum atomic E-state index is 12.1. The Morgan fingerprint density at radius 2 is 2.26 bits per heavy atom. The number of fused-ring (bicyclic) bond motifs is 1. The van der Waals surface area contributed by atoms with E-state index >= 15 is 0 Å². The summed E-state index contributed by atoms with van der Waals surface area (Å²) in [6.45, 7) is 2.40. The second kappa shape index (κ2) is 6.14. The minimum absolute atomic E-state index is 0.0795. The van der Waals surface area contributed by atoms with E-state index < -0.39 is 23.4 Å². The van der Waals surface area contributed by atoms with Gasteiger partial charge in [-0.3, -0.25) is 14.5 Å². The molecule has 3 aliphatic rings. The first-order valence-corrected chi connectivity index (χ1v) is 8.45. The van der Waals surface area contributed by atoms with Crippen LogP contribution in [-0.2, 0) is 14.4 Å². The molecule has 0 unspecified atom stereocenters. The first-order valence-electron chi connectivity index (χ1n) is 7.57. The van der Waals surface area contributed by atoms with Crippen LogP contribution in [0.15, 0.2) is 10.6 Å². The summed E-state index contributed by atoms with van der Waals surface area (Å²) in [6, 6.07) is -0.237. The molecule has 3 aliphatic heterocycles. The molecule has 2 fully saturated rings. The zero-order valence-electron chi connectivity index (χ0n) is 12.6. The number of aliphatic hydroxyl groups excluding tert-OH is 1. The van der Waals surface area contributed by atoms with E-state index in [9.17, 15) is 24.6 Å². The van der Waals surface area contributed by atoms with Crippen molar-refractivity contribution in [1.29, 1.82) is 0 Å². The van der Waals surface area contributed by atoms with Crippen molar-refractivity contribution >= 4 is 29.5 Å². The quantitative estimate of drug-likeness (QED) is 0.477. The van der Waals surface area contributed by atoms with Crippen LogP contribution in [0.5, 0.6) is 0 Å². The molecule has 4 atom stereocenters. The van der Waals surface area contributed by atoms with Crippen LogP contribution in [0.2, 0.25) is 0 Å². The molecular weight excluding hydrogens is 322 g/mol. The normalized spacial score (nSPS) is 31.0. The summed E-state index contributed by atoms with van der Waals surface area (Å²) in [7, 11) is 0. The molecule has 8 nitrogen and oxygen atoms in total. The predicted molar refractivity (Wildman–Crippen MR) is 82.1 cm³/mol. The van der Waals surface area contributed by atoms with Crippen LogP contribution >= 0.6 is 11.8 Å². The number of carboxylic acids is 1. The molecule has 23 heavy (non-hydrogen) atoms. The molecular formula is C14H19N3O5S. The van der Waals surface area contributed by atoms with Gasteiger partial charge in [0.1, 0.15) is 11.1 Å². The van der Waals surface area contributed by atoms with Crippen molar-refractivity contribution in [1.82, 2.24) is 15.5 Å². The molecule has 4 N–H and O–H groups in total. The van der Waals surface area contributed by atoms with Gasteiger partial charge in [0.25, 0.3) is 0 Å². The highest BCUT2D eigenvalue weighted by Crippen LogP contribution is 2.49. The summed E-state index contributed by atoms with van der Waals surface area (Å²) in [5.41, 5.74) is -0.0819. The maximum absolute atomic E-state index is 12.1. The van der Waals surface area contributed by atoms with Crippen molar-refractivity contribution in [3.05, 3.63) is 10.6 Å². The van der Waals surface area contributed by atoms with Crippen LogP contribution in [0.3, 0.4) is 0 Å². The molecule has 0 aromatic rings. The molecule has 2 saturated heterocycles. The molecule has 2 amide bonds. The van der Waals surface area contributed by atoms with Crippen molar-refractivity contribution < 1.29 is 24.6 Å². The van der Waals surface area contributed by atoms with Crippen LogP contribution < -0.4 is 10.6 Å². The number of aliphatic carboxylic acids is 1. The second-order valence-electron chi connectivity index (χ2n) is 5.93. The van der Waals surface area contributed by atoms with E-state index in [1.54, 1.807) is 0 Å². The number of nitrogens with zero attached hydrogens (tertiary/aromatic N) is 1. The average Bonchev–Trinajstić information content (AvgIpc) is 3.10. The highest BCUT2D eigenvalue weighted by Gasteiger charge is 2.57. The Morgan fingerprint density at radius 1 is 1.52 bits per heavy atom. The highest BCUT2D eigenvalue weighted by molar-refractivity contribution is 8.04. The molecule has 0 aliphatic carbocycles. The minimum atomic E-state index is -1.19. The van der Waals surface area contributed by atoms with Gasteiger partial charge in [0.15, 0.2) is 0 Å². The zero-order valence-corrected chi connectivity index (χ0v) is 13.4.